The van der Waals surface area contributed by atoms with Crippen molar-refractivity contribution in [2.24, 2.45) is 0 Å². The molecule has 6 aromatic heterocycles. The Morgan fingerprint density at radius 2 is 0.716 bits per heavy atom. The first-order valence-corrected chi connectivity index (χ1v) is 27.3. The van der Waals surface area contributed by atoms with E-state index in [2.05, 4.69) is 244 Å². The van der Waals surface area contributed by atoms with Gasteiger partial charge >= 0.3 is 0 Å². The molecule has 0 saturated heterocycles. The van der Waals surface area contributed by atoms with Crippen LogP contribution in [0, 0.1) is 0 Å². The van der Waals surface area contributed by atoms with Crippen LogP contribution in [0.1, 0.15) is 0 Å². The highest BCUT2D eigenvalue weighted by atomic mass is 15.0. The van der Waals surface area contributed by atoms with E-state index in [9.17, 15) is 0 Å². The Bertz CT molecular complexity index is 5280. The smallest absolute Gasteiger partial charge is 0.164 e. The maximum atomic E-state index is 5.70. The Kier molecular flexibility index (Phi) is 9.84. The first-order valence-electron chi connectivity index (χ1n) is 27.3. The molecule has 6 heterocycles. The van der Waals surface area contributed by atoms with Gasteiger partial charge in [0, 0.05) is 82.2 Å². The van der Waals surface area contributed by atoms with Crippen molar-refractivity contribution in [1.82, 2.24) is 38.5 Å². The Morgan fingerprint density at radius 3 is 1.37 bits per heavy atom. The second kappa shape index (κ2) is 17.7. The van der Waals surface area contributed by atoms with Crippen molar-refractivity contribution in [2.75, 3.05) is 0 Å². The van der Waals surface area contributed by atoms with E-state index in [1.807, 2.05) is 36.4 Å². The molecule has 0 unspecified atom stereocenters. The molecular weight excluding hydrogens is 989 g/mol. The summed E-state index contributed by atoms with van der Waals surface area (Å²) in [6.07, 6.45) is 0. The third-order valence-electron chi connectivity index (χ3n) is 16.2. The molecule has 17 aromatic rings. The quantitative estimate of drug-likeness (QED) is 0.151. The average molecular weight is 1030 g/mol. The van der Waals surface area contributed by atoms with Crippen LogP contribution >= 0.6 is 0 Å². The van der Waals surface area contributed by atoms with E-state index in [1.54, 1.807) is 0 Å². The fourth-order valence-electron chi connectivity index (χ4n) is 12.8. The van der Waals surface area contributed by atoms with E-state index in [-0.39, 0.29) is 0 Å². The zero-order valence-corrected chi connectivity index (χ0v) is 43.5. The van der Waals surface area contributed by atoms with Crippen LogP contribution < -0.4 is 0 Å². The Hall–Kier alpha value is -11.1. The second-order valence-electron chi connectivity index (χ2n) is 20.8. The summed E-state index contributed by atoms with van der Waals surface area (Å²) < 4.78 is 7.26. The molecule has 0 fully saturated rings. The highest BCUT2D eigenvalue weighted by Crippen LogP contribution is 2.47. The van der Waals surface area contributed by atoms with Crippen LogP contribution in [0.5, 0.6) is 0 Å². The molecule has 0 atom stereocenters. The molecule has 0 radical (unpaired) electrons. The van der Waals surface area contributed by atoms with Gasteiger partial charge in [0.15, 0.2) is 23.3 Å². The van der Waals surface area contributed by atoms with Gasteiger partial charge in [0.05, 0.1) is 55.7 Å². The number of hydrogen-bond acceptors (Lipinski definition) is 5. The molecule has 81 heavy (non-hydrogen) atoms. The molecule has 0 N–H and O–H groups in total. The number of nitrogens with zero attached hydrogens (tertiary/aromatic N) is 8. The van der Waals surface area contributed by atoms with Gasteiger partial charge in [-0.15, -0.1) is 0 Å². The number of para-hydroxylation sites is 6. The molecule has 376 valence electrons. The molecule has 0 spiro atoms. The van der Waals surface area contributed by atoms with Crippen LogP contribution in [0.15, 0.2) is 267 Å². The number of rotatable bonds is 8. The summed E-state index contributed by atoms with van der Waals surface area (Å²) >= 11 is 0. The number of benzene rings is 11. The van der Waals surface area contributed by atoms with Gasteiger partial charge in [-0.1, -0.05) is 194 Å². The topological polar surface area (TPSA) is 78.7 Å². The normalized spacial score (nSPS) is 12.0. The fourth-order valence-corrected chi connectivity index (χ4v) is 12.8. The molecule has 0 aliphatic carbocycles. The lowest BCUT2D eigenvalue weighted by Gasteiger charge is -2.15. The third kappa shape index (κ3) is 6.87. The van der Waals surface area contributed by atoms with E-state index in [1.165, 1.54) is 27.1 Å². The number of hydrogen-bond donors (Lipinski definition) is 0. The lowest BCUT2D eigenvalue weighted by Crippen LogP contribution is -2.02. The minimum Gasteiger partial charge on any atom is -0.309 e. The van der Waals surface area contributed by atoms with Gasteiger partial charge in [-0.2, -0.15) is 0 Å². The molecule has 0 bridgehead atoms. The van der Waals surface area contributed by atoms with Crippen molar-refractivity contribution in [1.29, 1.82) is 0 Å². The minimum atomic E-state index is 0.612. The van der Waals surface area contributed by atoms with Crippen LogP contribution in [0.25, 0.3) is 161 Å². The van der Waals surface area contributed by atoms with Crippen LogP contribution in [-0.2, 0) is 0 Å². The lowest BCUT2D eigenvalue weighted by molar-refractivity contribution is 1.07. The van der Waals surface area contributed by atoms with E-state index in [0.717, 1.165) is 111 Å². The molecule has 0 aliphatic rings. The van der Waals surface area contributed by atoms with Gasteiger partial charge in [0.2, 0.25) is 0 Å². The average Bonchev–Trinajstić information content (AvgIpc) is 4.47. The van der Waals surface area contributed by atoms with Gasteiger partial charge in [-0.3, -0.25) is 0 Å². The first kappa shape index (κ1) is 45.0. The number of aromatic nitrogens is 8. The minimum absolute atomic E-state index is 0.612. The maximum Gasteiger partial charge on any atom is 0.164 e. The van der Waals surface area contributed by atoms with E-state index >= 15 is 0 Å². The van der Waals surface area contributed by atoms with Crippen LogP contribution in [0.3, 0.4) is 0 Å². The van der Waals surface area contributed by atoms with Crippen molar-refractivity contribution >= 4 is 81.7 Å². The standard InChI is InChI=1S/C73H44N8/c1-5-22-45(23-6-1)58-44-59(75-73(74-58)55-33-16-20-39-63(55)80-62-38-19-15-32-54(62)67-65(80)41-40-64-66(67)53-31-14-18-37-61(53)79(64)49-28-11-4-12-29-49)52-35-21-34-51-57-43-48(42-56-50-30-13-17-36-60(50)81(68(51)52)69(56)57)72-77-70(46-24-7-2-8-25-46)76-71(78-72)47-26-9-3-10-27-47/h1-44H. The second-order valence-corrected chi connectivity index (χ2v) is 20.8. The summed E-state index contributed by atoms with van der Waals surface area (Å²) in [4.78, 5) is 26.7. The number of fused-ring (bicyclic) bond motifs is 13. The van der Waals surface area contributed by atoms with Crippen LogP contribution in [0.4, 0.5) is 0 Å². The Balaban J connectivity index is 0.900. The molecule has 8 heteroatoms. The monoisotopic (exact) mass is 1030 g/mol. The summed E-state index contributed by atoms with van der Waals surface area (Å²) in [6, 6.07) is 94.3. The highest BCUT2D eigenvalue weighted by molar-refractivity contribution is 6.29. The molecule has 11 aromatic carbocycles. The summed E-state index contributed by atoms with van der Waals surface area (Å²) in [6.45, 7) is 0. The molecular formula is C73H44N8. The summed E-state index contributed by atoms with van der Waals surface area (Å²) in [5.74, 6) is 2.49. The molecule has 0 aliphatic heterocycles. The molecule has 17 rings (SSSR count). The van der Waals surface area contributed by atoms with Crippen LogP contribution in [-0.4, -0.2) is 38.5 Å². The summed E-state index contributed by atoms with van der Waals surface area (Å²) in [7, 11) is 0. The van der Waals surface area contributed by atoms with Crippen LogP contribution in [0.2, 0.25) is 0 Å². The van der Waals surface area contributed by atoms with Crippen molar-refractivity contribution in [3.05, 3.63) is 267 Å². The van der Waals surface area contributed by atoms with Crippen molar-refractivity contribution in [3.63, 3.8) is 0 Å². The largest absolute Gasteiger partial charge is 0.309 e. The van der Waals surface area contributed by atoms with Crippen molar-refractivity contribution < 1.29 is 0 Å². The van der Waals surface area contributed by atoms with Gasteiger partial charge < -0.3 is 13.5 Å². The summed E-state index contributed by atoms with van der Waals surface area (Å²) in [5, 5.41) is 9.30. The van der Waals surface area contributed by atoms with Crippen molar-refractivity contribution in [2.45, 2.75) is 0 Å². The van der Waals surface area contributed by atoms with E-state index in [0.29, 0.717) is 23.3 Å². The Morgan fingerprint density at radius 1 is 0.247 bits per heavy atom. The lowest BCUT2D eigenvalue weighted by atomic mass is 10.0. The highest BCUT2D eigenvalue weighted by Gasteiger charge is 2.26. The van der Waals surface area contributed by atoms with E-state index < -0.39 is 0 Å². The van der Waals surface area contributed by atoms with Gasteiger partial charge in [-0.05, 0) is 72.8 Å². The first-order chi connectivity index (χ1) is 40.2. The van der Waals surface area contributed by atoms with Gasteiger partial charge in [0.1, 0.15) is 0 Å². The fraction of sp³-hybridized carbons (Fsp3) is 0. The predicted octanol–water partition coefficient (Wildman–Crippen LogP) is 18.0. The van der Waals surface area contributed by atoms with Gasteiger partial charge in [-0.25, -0.2) is 24.9 Å². The predicted molar refractivity (Wildman–Crippen MR) is 331 cm³/mol. The molecule has 8 nitrogen and oxygen atoms in total. The zero-order valence-electron chi connectivity index (χ0n) is 43.5. The Labute approximate surface area is 464 Å². The summed E-state index contributed by atoms with van der Waals surface area (Å²) in [5.41, 5.74) is 17.3. The zero-order chi connectivity index (χ0) is 53.1. The van der Waals surface area contributed by atoms with E-state index in [4.69, 9.17) is 24.9 Å². The third-order valence-corrected chi connectivity index (χ3v) is 16.2. The SMILES string of the molecule is c1ccc(-c2cc(-c3cccc4c5cc(-c6nc(-c7ccccc7)nc(-c7ccccc7)n6)cc6c7ccccc7n(c34)c65)nc(-c3ccccc3-n3c4ccccc4c4c5c6ccccc6n(-c6ccccc6)c5ccc43)n2)cc1. The molecule has 0 amide bonds. The van der Waals surface area contributed by atoms with Crippen molar-refractivity contribution in [3.8, 4) is 79.4 Å². The van der Waals surface area contributed by atoms with Gasteiger partial charge in [0.25, 0.3) is 0 Å². The maximum absolute atomic E-state index is 5.70. The molecule has 0 saturated carbocycles.